The molecule has 0 aliphatic carbocycles. The van der Waals surface area contributed by atoms with E-state index < -0.39 is 0 Å². The molecular weight excluding hydrogens is 324 g/mol. The molecule has 1 fully saturated rings. The lowest BCUT2D eigenvalue weighted by atomic mass is 10.0. The number of hydrogen-bond acceptors (Lipinski definition) is 3. The summed E-state index contributed by atoms with van der Waals surface area (Å²) in [5.74, 6) is 0.774. The normalized spacial score (nSPS) is 14.8. The maximum absolute atomic E-state index is 12.6. The maximum atomic E-state index is 12.6. The second kappa shape index (κ2) is 8.71. The Morgan fingerprint density at radius 2 is 1.79 bits per heavy atom. The maximum Gasteiger partial charge on any atom is 0.253 e. The number of amides is 1. The van der Waals surface area contributed by atoms with E-state index in [0.717, 1.165) is 31.5 Å². The van der Waals surface area contributed by atoms with Gasteiger partial charge in [0.25, 0.3) is 5.91 Å². The van der Waals surface area contributed by atoms with Crippen molar-refractivity contribution in [1.82, 2.24) is 4.90 Å². The van der Waals surface area contributed by atoms with Crippen molar-refractivity contribution in [2.24, 2.45) is 5.73 Å². The van der Waals surface area contributed by atoms with Crippen LogP contribution in [0.2, 0.25) is 0 Å². The highest BCUT2D eigenvalue weighted by Crippen LogP contribution is 2.18. The molecule has 128 valence electrons. The highest BCUT2D eigenvalue weighted by molar-refractivity contribution is 5.94. The van der Waals surface area contributed by atoms with Gasteiger partial charge in [-0.3, -0.25) is 4.79 Å². The third kappa shape index (κ3) is 4.73. The smallest absolute Gasteiger partial charge is 0.253 e. The number of carbonyl (C=O) groups is 1. The fraction of sp³-hybridized carbons (Fsp3) is 0.316. The molecule has 2 aromatic carbocycles. The summed E-state index contributed by atoms with van der Waals surface area (Å²) in [6, 6.07) is 17.6. The van der Waals surface area contributed by atoms with Crippen LogP contribution in [0.15, 0.2) is 54.6 Å². The number of benzene rings is 2. The fourth-order valence-corrected chi connectivity index (χ4v) is 2.74. The topological polar surface area (TPSA) is 55.6 Å². The van der Waals surface area contributed by atoms with Crippen molar-refractivity contribution in [3.63, 3.8) is 0 Å². The minimum Gasteiger partial charge on any atom is -0.489 e. The molecule has 3 rings (SSSR count). The standard InChI is InChI=1S/C19H22N2O2.ClH/c20-17-9-11-21(12-10-17)19(22)16-7-4-8-18(13-16)23-14-15-5-2-1-3-6-15;/h1-8,13,17H,9-12,14,20H2;1H. The number of nitrogens with two attached hydrogens (primary N) is 1. The number of rotatable bonds is 4. The lowest BCUT2D eigenvalue weighted by Crippen LogP contribution is -2.42. The van der Waals surface area contributed by atoms with E-state index >= 15 is 0 Å². The predicted octanol–water partition coefficient (Wildman–Crippen LogP) is 3.25. The molecule has 0 bridgehead atoms. The van der Waals surface area contributed by atoms with E-state index in [-0.39, 0.29) is 24.4 Å². The highest BCUT2D eigenvalue weighted by Gasteiger charge is 2.21. The number of hydrogen-bond donors (Lipinski definition) is 1. The first-order valence-corrected chi connectivity index (χ1v) is 8.04. The number of piperidine rings is 1. The summed E-state index contributed by atoms with van der Waals surface area (Å²) in [4.78, 5) is 14.4. The lowest BCUT2D eigenvalue weighted by molar-refractivity contribution is 0.0714. The number of nitrogens with zero attached hydrogens (tertiary/aromatic N) is 1. The molecule has 1 saturated heterocycles. The van der Waals surface area contributed by atoms with E-state index in [2.05, 4.69) is 0 Å². The van der Waals surface area contributed by atoms with Gasteiger partial charge >= 0.3 is 0 Å². The minimum atomic E-state index is 0. The molecule has 0 saturated carbocycles. The van der Waals surface area contributed by atoms with Crippen LogP contribution in [0, 0.1) is 0 Å². The van der Waals surface area contributed by atoms with Crippen LogP contribution in [0.1, 0.15) is 28.8 Å². The Hall–Kier alpha value is -2.04. The van der Waals surface area contributed by atoms with E-state index in [1.54, 1.807) is 0 Å². The summed E-state index contributed by atoms with van der Waals surface area (Å²) < 4.78 is 5.80. The van der Waals surface area contributed by atoms with E-state index in [1.807, 2.05) is 59.5 Å². The summed E-state index contributed by atoms with van der Waals surface area (Å²) in [7, 11) is 0. The Labute approximate surface area is 149 Å². The van der Waals surface area contributed by atoms with Crippen molar-refractivity contribution >= 4 is 18.3 Å². The van der Waals surface area contributed by atoms with Gasteiger partial charge in [-0.2, -0.15) is 0 Å². The molecular formula is C19H23ClN2O2. The molecule has 0 unspecified atom stereocenters. The van der Waals surface area contributed by atoms with Gasteiger partial charge in [0.1, 0.15) is 12.4 Å². The summed E-state index contributed by atoms with van der Waals surface area (Å²) in [5, 5.41) is 0. The predicted molar refractivity (Wildman–Crippen MR) is 97.6 cm³/mol. The van der Waals surface area contributed by atoms with E-state index in [0.29, 0.717) is 17.9 Å². The van der Waals surface area contributed by atoms with Crippen LogP contribution in [0.4, 0.5) is 0 Å². The van der Waals surface area contributed by atoms with E-state index in [1.165, 1.54) is 0 Å². The van der Waals surface area contributed by atoms with Gasteiger partial charge in [0, 0.05) is 24.7 Å². The zero-order valence-corrected chi connectivity index (χ0v) is 14.4. The van der Waals surface area contributed by atoms with Crippen LogP contribution in [0.5, 0.6) is 5.75 Å². The summed E-state index contributed by atoms with van der Waals surface area (Å²) in [6.45, 7) is 1.96. The van der Waals surface area contributed by atoms with Gasteiger partial charge in [0.2, 0.25) is 0 Å². The quantitative estimate of drug-likeness (QED) is 0.924. The molecule has 0 aromatic heterocycles. The molecule has 0 radical (unpaired) electrons. The van der Waals surface area contributed by atoms with Gasteiger partial charge in [0.15, 0.2) is 0 Å². The number of halogens is 1. The van der Waals surface area contributed by atoms with Crippen molar-refractivity contribution in [3.05, 3.63) is 65.7 Å². The molecule has 0 spiro atoms. The van der Waals surface area contributed by atoms with Crippen LogP contribution >= 0.6 is 12.4 Å². The van der Waals surface area contributed by atoms with Crippen LogP contribution in [0.25, 0.3) is 0 Å². The summed E-state index contributed by atoms with van der Waals surface area (Å²) in [5.41, 5.74) is 7.67. The van der Waals surface area contributed by atoms with Crippen LogP contribution in [-0.4, -0.2) is 29.9 Å². The van der Waals surface area contributed by atoms with E-state index in [9.17, 15) is 4.79 Å². The first-order valence-electron chi connectivity index (χ1n) is 8.04. The van der Waals surface area contributed by atoms with E-state index in [4.69, 9.17) is 10.5 Å². The van der Waals surface area contributed by atoms with Crippen molar-refractivity contribution in [1.29, 1.82) is 0 Å². The van der Waals surface area contributed by atoms with Crippen molar-refractivity contribution in [2.75, 3.05) is 13.1 Å². The largest absolute Gasteiger partial charge is 0.489 e. The molecule has 0 atom stereocenters. The fourth-order valence-electron chi connectivity index (χ4n) is 2.74. The monoisotopic (exact) mass is 346 g/mol. The zero-order chi connectivity index (χ0) is 16.1. The SMILES string of the molecule is Cl.NC1CCN(C(=O)c2cccc(OCc3ccccc3)c2)CC1. The van der Waals surface area contributed by atoms with Crippen molar-refractivity contribution < 1.29 is 9.53 Å². The average molecular weight is 347 g/mol. The zero-order valence-electron chi connectivity index (χ0n) is 13.6. The third-order valence-corrected chi connectivity index (χ3v) is 4.16. The molecule has 1 heterocycles. The Kier molecular flexibility index (Phi) is 6.64. The van der Waals surface area contributed by atoms with Crippen LogP contribution in [0.3, 0.4) is 0 Å². The first-order chi connectivity index (χ1) is 11.2. The number of likely N-dealkylation sites (tertiary alicyclic amines) is 1. The van der Waals surface area contributed by atoms with Crippen LogP contribution < -0.4 is 10.5 Å². The third-order valence-electron chi connectivity index (χ3n) is 4.16. The molecule has 2 N–H and O–H groups in total. The molecule has 1 aliphatic rings. The molecule has 24 heavy (non-hydrogen) atoms. The number of ether oxygens (including phenoxy) is 1. The molecule has 4 nitrogen and oxygen atoms in total. The van der Waals surface area contributed by atoms with Gasteiger partial charge in [-0.1, -0.05) is 36.4 Å². The second-order valence-electron chi connectivity index (χ2n) is 5.93. The summed E-state index contributed by atoms with van der Waals surface area (Å²) in [6.07, 6.45) is 1.74. The van der Waals surface area contributed by atoms with Gasteiger partial charge in [0.05, 0.1) is 0 Å². The lowest BCUT2D eigenvalue weighted by Gasteiger charge is -2.30. The highest BCUT2D eigenvalue weighted by atomic mass is 35.5. The molecule has 1 aliphatic heterocycles. The second-order valence-corrected chi connectivity index (χ2v) is 5.93. The Morgan fingerprint density at radius 1 is 1.08 bits per heavy atom. The van der Waals surface area contributed by atoms with Gasteiger partial charge < -0.3 is 15.4 Å². The molecule has 5 heteroatoms. The van der Waals surface area contributed by atoms with Gasteiger partial charge in [-0.05, 0) is 36.6 Å². The van der Waals surface area contributed by atoms with Crippen LogP contribution in [-0.2, 0) is 6.61 Å². The Bertz CT molecular complexity index is 655. The first kappa shape index (κ1) is 18.3. The minimum absolute atomic E-state index is 0. The average Bonchev–Trinajstić information content (AvgIpc) is 2.61. The number of carbonyl (C=O) groups excluding carboxylic acids is 1. The Balaban J connectivity index is 0.00000208. The molecule has 2 aromatic rings. The molecule has 1 amide bonds. The van der Waals surface area contributed by atoms with Crippen molar-refractivity contribution in [3.8, 4) is 5.75 Å². The summed E-state index contributed by atoms with van der Waals surface area (Å²) >= 11 is 0. The van der Waals surface area contributed by atoms with Gasteiger partial charge in [-0.15, -0.1) is 12.4 Å². The van der Waals surface area contributed by atoms with Crippen molar-refractivity contribution in [2.45, 2.75) is 25.5 Å². The Morgan fingerprint density at radius 3 is 2.50 bits per heavy atom. The van der Waals surface area contributed by atoms with Gasteiger partial charge in [-0.25, -0.2) is 0 Å².